The van der Waals surface area contributed by atoms with E-state index >= 15 is 0 Å². The third kappa shape index (κ3) is 13.2. The van der Waals surface area contributed by atoms with Crippen molar-refractivity contribution in [2.45, 2.75) is 19.3 Å². The van der Waals surface area contributed by atoms with Gasteiger partial charge in [-0.3, -0.25) is 0 Å². The van der Waals surface area contributed by atoms with Gasteiger partial charge in [-0.05, 0) is 30.7 Å². The summed E-state index contributed by atoms with van der Waals surface area (Å²) in [5.41, 5.74) is 1.46. The second-order valence-electron chi connectivity index (χ2n) is 3.88. The molecule has 0 spiro atoms. The fraction of sp³-hybridized carbons (Fsp3) is 0.235. The van der Waals surface area contributed by atoms with Crippen molar-refractivity contribution in [3.05, 3.63) is 80.2 Å². The molecule has 0 N–H and O–H groups in total. The molecule has 3 nitrogen and oxygen atoms in total. The molecule has 0 fully saturated rings. The number of benzene rings is 1. The molecular formula is C17H16MnO3. The maximum atomic E-state index is 7.50. The summed E-state index contributed by atoms with van der Waals surface area (Å²) in [6.45, 7) is 13.5. The molecule has 0 saturated heterocycles. The van der Waals surface area contributed by atoms with Crippen molar-refractivity contribution in [1.29, 1.82) is 0 Å². The van der Waals surface area contributed by atoms with Crippen LogP contribution in [-0.2, 0) is 37.4 Å². The van der Waals surface area contributed by atoms with E-state index in [0.29, 0.717) is 0 Å². The SMILES string of the molecule is C1=CCC(Cc2ccccc2)CC=C1.[C-]#[O+].[C-]#[O+].[C-]#[O+].[Mn]. The van der Waals surface area contributed by atoms with E-state index in [1.54, 1.807) is 0 Å². The maximum absolute atomic E-state index is 7.50. The molecule has 1 aliphatic carbocycles. The molecule has 109 valence electrons. The fourth-order valence-electron chi connectivity index (χ4n) is 1.91. The Hall–Kier alpha value is -1.56. The Bertz CT molecular complexity index is 416. The normalized spacial score (nSPS) is 11.5. The van der Waals surface area contributed by atoms with E-state index in [-0.39, 0.29) is 17.1 Å². The molecule has 0 aliphatic heterocycles. The second kappa shape index (κ2) is 20.8. The van der Waals surface area contributed by atoms with E-state index in [1.807, 2.05) is 0 Å². The molecule has 0 amide bonds. The summed E-state index contributed by atoms with van der Waals surface area (Å²) in [7, 11) is 0. The van der Waals surface area contributed by atoms with Crippen molar-refractivity contribution in [3.63, 3.8) is 0 Å². The number of rotatable bonds is 2. The molecule has 21 heavy (non-hydrogen) atoms. The Morgan fingerprint density at radius 1 is 0.810 bits per heavy atom. The van der Waals surface area contributed by atoms with Crippen molar-refractivity contribution in [3.8, 4) is 0 Å². The van der Waals surface area contributed by atoms with Crippen LogP contribution in [-0.4, -0.2) is 0 Å². The van der Waals surface area contributed by atoms with Crippen LogP contribution in [0.5, 0.6) is 0 Å². The first kappa shape index (κ1) is 24.5. The third-order valence-corrected chi connectivity index (χ3v) is 2.69. The number of hydrogen-bond donors (Lipinski definition) is 0. The summed E-state index contributed by atoms with van der Waals surface area (Å²) in [6, 6.07) is 10.8. The van der Waals surface area contributed by atoms with Gasteiger partial charge in [-0.2, -0.15) is 0 Å². The number of hydrogen-bond acceptors (Lipinski definition) is 0. The standard InChI is InChI=1S/C14H16.3CO.Mn/c1-2-5-9-13(8-4-1)12-14-10-6-3-7-11-14;3*1-2;/h1-7,10-11,13H,8-9,12H2;;;;. The first-order valence-corrected chi connectivity index (χ1v) is 5.92. The van der Waals surface area contributed by atoms with Crippen LogP contribution in [0.4, 0.5) is 0 Å². The summed E-state index contributed by atoms with van der Waals surface area (Å²) in [4.78, 5) is 0. The smallest absolute Gasteiger partial charge is 0 e. The molecule has 1 aliphatic rings. The van der Waals surface area contributed by atoms with Crippen molar-refractivity contribution in [2.24, 2.45) is 5.92 Å². The van der Waals surface area contributed by atoms with Gasteiger partial charge >= 0.3 is 33.9 Å². The van der Waals surface area contributed by atoms with Crippen molar-refractivity contribution in [1.82, 2.24) is 0 Å². The van der Waals surface area contributed by atoms with Crippen LogP contribution < -0.4 is 0 Å². The second-order valence-corrected chi connectivity index (χ2v) is 3.88. The Balaban J connectivity index is -0.000000414. The van der Waals surface area contributed by atoms with E-state index in [2.05, 4.69) is 74.6 Å². The monoisotopic (exact) mass is 323 g/mol. The fourth-order valence-corrected chi connectivity index (χ4v) is 1.91. The summed E-state index contributed by atoms with van der Waals surface area (Å²) in [5.74, 6) is 0.785. The Labute approximate surface area is 136 Å². The van der Waals surface area contributed by atoms with Crippen LogP contribution >= 0.6 is 0 Å². The van der Waals surface area contributed by atoms with E-state index in [4.69, 9.17) is 14.0 Å². The quantitative estimate of drug-likeness (QED) is 0.453. The average molecular weight is 323 g/mol. The van der Waals surface area contributed by atoms with Crippen LogP contribution in [0.1, 0.15) is 18.4 Å². The summed E-state index contributed by atoms with van der Waals surface area (Å²) < 4.78 is 22.5. The predicted molar refractivity (Wildman–Crippen MR) is 72.9 cm³/mol. The van der Waals surface area contributed by atoms with Crippen LogP contribution in [0, 0.1) is 25.9 Å². The van der Waals surface area contributed by atoms with Gasteiger partial charge in [-0.1, -0.05) is 54.6 Å². The van der Waals surface area contributed by atoms with E-state index in [9.17, 15) is 0 Å². The zero-order valence-electron chi connectivity index (χ0n) is 11.5. The first-order chi connectivity index (χ1) is 9.95. The maximum Gasteiger partial charge on any atom is 0 e. The predicted octanol–water partition coefficient (Wildman–Crippen LogP) is 3.64. The van der Waals surface area contributed by atoms with Crippen LogP contribution in [0.15, 0.2) is 54.6 Å². The molecule has 0 bridgehead atoms. The van der Waals surface area contributed by atoms with E-state index in [0.717, 1.165) is 5.92 Å². The van der Waals surface area contributed by atoms with E-state index in [1.165, 1.54) is 24.8 Å². The van der Waals surface area contributed by atoms with Gasteiger partial charge < -0.3 is 0 Å². The molecule has 1 radical (unpaired) electrons. The Kier molecular flexibility index (Phi) is 24.2. The molecule has 0 heterocycles. The average Bonchev–Trinajstić information content (AvgIpc) is 2.83. The van der Waals surface area contributed by atoms with Crippen molar-refractivity contribution < 1.29 is 31.0 Å². The summed E-state index contributed by atoms with van der Waals surface area (Å²) in [5, 5.41) is 0. The molecule has 1 aromatic carbocycles. The molecule has 4 heteroatoms. The van der Waals surface area contributed by atoms with Gasteiger partial charge in [0.2, 0.25) is 0 Å². The Morgan fingerprint density at radius 3 is 1.67 bits per heavy atom. The topological polar surface area (TPSA) is 59.7 Å². The van der Waals surface area contributed by atoms with Crippen LogP contribution in [0.2, 0.25) is 0 Å². The van der Waals surface area contributed by atoms with Crippen molar-refractivity contribution >= 4 is 0 Å². The van der Waals surface area contributed by atoms with Gasteiger partial charge in [0.15, 0.2) is 0 Å². The first-order valence-electron chi connectivity index (χ1n) is 5.92. The Morgan fingerprint density at radius 2 is 1.24 bits per heavy atom. The zero-order chi connectivity index (χ0) is 15.6. The van der Waals surface area contributed by atoms with Crippen LogP contribution in [0.25, 0.3) is 0 Å². The largest absolute Gasteiger partial charge is 0 e. The van der Waals surface area contributed by atoms with Gasteiger partial charge in [0.1, 0.15) is 0 Å². The van der Waals surface area contributed by atoms with Gasteiger partial charge in [0.25, 0.3) is 0 Å². The number of allylic oxidation sites excluding steroid dienone is 4. The van der Waals surface area contributed by atoms with Gasteiger partial charge in [0, 0.05) is 17.1 Å². The van der Waals surface area contributed by atoms with Gasteiger partial charge in [0.05, 0.1) is 0 Å². The van der Waals surface area contributed by atoms with E-state index < -0.39 is 0 Å². The minimum atomic E-state index is 0. The molecule has 1 aromatic rings. The minimum absolute atomic E-state index is 0. The third-order valence-electron chi connectivity index (χ3n) is 2.69. The zero-order valence-corrected chi connectivity index (χ0v) is 12.7. The minimum Gasteiger partial charge on any atom is 0 e. The molecular weight excluding hydrogens is 307 g/mol. The van der Waals surface area contributed by atoms with Gasteiger partial charge in [-0.15, -0.1) is 0 Å². The summed E-state index contributed by atoms with van der Waals surface area (Å²) >= 11 is 0. The molecule has 2 rings (SSSR count). The summed E-state index contributed by atoms with van der Waals surface area (Å²) in [6.07, 6.45) is 12.5. The van der Waals surface area contributed by atoms with Crippen molar-refractivity contribution in [2.75, 3.05) is 0 Å². The van der Waals surface area contributed by atoms with Gasteiger partial charge in [-0.25, -0.2) is 0 Å². The van der Waals surface area contributed by atoms with Crippen LogP contribution in [0.3, 0.4) is 0 Å². The molecule has 0 unspecified atom stereocenters. The molecule has 0 aromatic heterocycles. The molecule has 0 atom stereocenters. The molecule has 0 saturated carbocycles.